The third-order valence-corrected chi connectivity index (χ3v) is 3.62. The quantitative estimate of drug-likeness (QED) is 0.216. The highest BCUT2D eigenvalue weighted by atomic mass is 32.3. The lowest BCUT2D eigenvalue weighted by molar-refractivity contribution is 0.00719. The summed E-state index contributed by atoms with van der Waals surface area (Å²) >= 11 is 0. The molecule has 0 aromatic carbocycles. The van der Waals surface area contributed by atoms with Crippen molar-refractivity contribution in [2.75, 3.05) is 46.2 Å². The Morgan fingerprint density at radius 1 is 0.593 bits per heavy atom. The Labute approximate surface area is 165 Å². The molecule has 0 bridgehead atoms. The van der Waals surface area contributed by atoms with Crippen molar-refractivity contribution in [3.05, 3.63) is 0 Å². The third kappa shape index (κ3) is 41.3. The zero-order chi connectivity index (χ0) is 20.6. The standard InChI is InChI=1S/C18H38O4.H2O4S/c1-2-3-4-5-6-7-8-9-10-11-13-20-15-17-22-18-16-21-14-12-19;1-5(2,3)4/h19H,2-18H2,1H3;(H2,1,2,3,4). The van der Waals surface area contributed by atoms with Crippen molar-refractivity contribution in [2.45, 2.75) is 71.1 Å². The summed E-state index contributed by atoms with van der Waals surface area (Å²) in [5.74, 6) is 0. The molecule has 27 heavy (non-hydrogen) atoms. The van der Waals surface area contributed by atoms with Gasteiger partial charge in [0, 0.05) is 6.61 Å². The van der Waals surface area contributed by atoms with Gasteiger partial charge in [-0.25, -0.2) is 0 Å². The minimum absolute atomic E-state index is 0.0714. The number of hydrogen-bond donors (Lipinski definition) is 3. The van der Waals surface area contributed by atoms with E-state index in [0.717, 1.165) is 13.0 Å². The SMILES string of the molecule is CCCCCCCCCCCCOCCOCCOCCO.O=S(=O)(O)O. The first-order valence-electron chi connectivity index (χ1n) is 9.95. The highest BCUT2D eigenvalue weighted by molar-refractivity contribution is 7.79. The van der Waals surface area contributed by atoms with Crippen LogP contribution >= 0.6 is 0 Å². The van der Waals surface area contributed by atoms with Gasteiger partial charge in [-0.05, 0) is 6.42 Å². The molecule has 9 heteroatoms. The second-order valence-electron chi connectivity index (χ2n) is 6.19. The summed E-state index contributed by atoms with van der Waals surface area (Å²) in [5.41, 5.74) is 0. The molecule has 0 aromatic heterocycles. The summed E-state index contributed by atoms with van der Waals surface area (Å²) in [5, 5.41) is 8.52. The van der Waals surface area contributed by atoms with Gasteiger partial charge in [0.05, 0.1) is 39.6 Å². The van der Waals surface area contributed by atoms with Crippen LogP contribution in [0.3, 0.4) is 0 Å². The number of hydrogen-bond acceptors (Lipinski definition) is 6. The molecule has 0 spiro atoms. The summed E-state index contributed by atoms with van der Waals surface area (Å²) in [6.45, 7) is 5.97. The Kier molecular flexibility index (Phi) is 25.4. The van der Waals surface area contributed by atoms with Crippen LogP contribution < -0.4 is 0 Å². The van der Waals surface area contributed by atoms with Gasteiger partial charge < -0.3 is 19.3 Å². The van der Waals surface area contributed by atoms with Crippen LogP contribution in [0.5, 0.6) is 0 Å². The molecule has 0 aliphatic carbocycles. The normalized spacial score (nSPS) is 11.3. The van der Waals surface area contributed by atoms with Crippen LogP contribution in [-0.2, 0) is 24.6 Å². The molecule has 0 aliphatic heterocycles. The van der Waals surface area contributed by atoms with Crippen molar-refractivity contribution in [1.82, 2.24) is 0 Å². The van der Waals surface area contributed by atoms with Gasteiger partial charge in [-0.3, -0.25) is 9.11 Å². The molecule has 166 valence electrons. The Balaban J connectivity index is 0. The van der Waals surface area contributed by atoms with Crippen molar-refractivity contribution in [1.29, 1.82) is 0 Å². The van der Waals surface area contributed by atoms with E-state index in [9.17, 15) is 0 Å². The first kappa shape index (κ1) is 28.9. The molecule has 0 saturated heterocycles. The van der Waals surface area contributed by atoms with E-state index in [1.165, 1.54) is 57.8 Å². The Morgan fingerprint density at radius 3 is 1.33 bits per heavy atom. The van der Waals surface area contributed by atoms with Gasteiger partial charge in [-0.1, -0.05) is 64.7 Å². The molecule has 0 rings (SSSR count). The van der Waals surface area contributed by atoms with Crippen LogP contribution in [0.1, 0.15) is 71.1 Å². The van der Waals surface area contributed by atoms with E-state index in [1.54, 1.807) is 0 Å². The smallest absolute Gasteiger partial charge is 0.394 e. The zero-order valence-electron chi connectivity index (χ0n) is 16.8. The largest absolute Gasteiger partial charge is 0.394 e. The maximum atomic E-state index is 8.74. The van der Waals surface area contributed by atoms with Crippen molar-refractivity contribution in [3.63, 3.8) is 0 Å². The second-order valence-corrected chi connectivity index (χ2v) is 7.09. The van der Waals surface area contributed by atoms with Crippen molar-refractivity contribution in [3.8, 4) is 0 Å². The molecule has 0 heterocycles. The molecule has 0 saturated carbocycles. The zero-order valence-corrected chi connectivity index (χ0v) is 17.6. The molecule has 0 fully saturated rings. The fraction of sp³-hybridized carbons (Fsp3) is 1.00. The first-order valence-corrected chi connectivity index (χ1v) is 11.4. The van der Waals surface area contributed by atoms with E-state index in [0.29, 0.717) is 33.0 Å². The van der Waals surface area contributed by atoms with E-state index >= 15 is 0 Å². The van der Waals surface area contributed by atoms with Crippen LogP contribution in [0.25, 0.3) is 0 Å². The predicted molar refractivity (Wildman–Crippen MR) is 106 cm³/mol. The summed E-state index contributed by atoms with van der Waals surface area (Å²) in [6, 6.07) is 0. The number of aliphatic hydroxyl groups excluding tert-OH is 1. The summed E-state index contributed by atoms with van der Waals surface area (Å²) in [7, 11) is -4.67. The van der Waals surface area contributed by atoms with E-state index in [4.69, 9.17) is 36.8 Å². The highest BCUT2D eigenvalue weighted by Gasteiger charge is 1.94. The second kappa shape index (κ2) is 23.7. The van der Waals surface area contributed by atoms with Crippen LogP contribution in [0.2, 0.25) is 0 Å². The molecule has 3 N–H and O–H groups in total. The van der Waals surface area contributed by atoms with Crippen LogP contribution in [0.4, 0.5) is 0 Å². The van der Waals surface area contributed by atoms with Crippen LogP contribution in [0.15, 0.2) is 0 Å². The van der Waals surface area contributed by atoms with Gasteiger partial charge in [-0.2, -0.15) is 8.42 Å². The lowest BCUT2D eigenvalue weighted by Gasteiger charge is -2.06. The molecule has 0 radical (unpaired) electrons. The molecule has 8 nitrogen and oxygen atoms in total. The topological polar surface area (TPSA) is 123 Å². The Morgan fingerprint density at radius 2 is 0.926 bits per heavy atom. The Bertz CT molecular complexity index is 334. The summed E-state index contributed by atoms with van der Waals surface area (Å²) in [4.78, 5) is 0. The van der Waals surface area contributed by atoms with Gasteiger partial charge in [0.1, 0.15) is 0 Å². The number of rotatable bonds is 19. The lowest BCUT2D eigenvalue weighted by atomic mass is 10.1. The number of ether oxygens (including phenoxy) is 3. The minimum Gasteiger partial charge on any atom is -0.394 e. The summed E-state index contributed by atoms with van der Waals surface area (Å²) < 4.78 is 47.5. The molecular weight excluding hydrogens is 376 g/mol. The summed E-state index contributed by atoms with van der Waals surface area (Å²) in [6.07, 6.45) is 13.5. The molecule has 0 unspecified atom stereocenters. The molecule has 0 aliphatic rings. The first-order chi connectivity index (χ1) is 12.9. The minimum atomic E-state index is -4.67. The van der Waals surface area contributed by atoms with E-state index in [2.05, 4.69) is 6.92 Å². The highest BCUT2D eigenvalue weighted by Crippen LogP contribution is 2.10. The molecular formula is C18H40O8S. The van der Waals surface area contributed by atoms with Gasteiger partial charge in [0.2, 0.25) is 0 Å². The fourth-order valence-electron chi connectivity index (χ4n) is 2.30. The van der Waals surface area contributed by atoms with Crippen LogP contribution in [0, 0.1) is 0 Å². The molecule has 0 atom stereocenters. The monoisotopic (exact) mass is 416 g/mol. The number of unbranched alkanes of at least 4 members (excludes halogenated alkanes) is 9. The number of aliphatic hydroxyl groups is 1. The van der Waals surface area contributed by atoms with Gasteiger partial charge in [0.15, 0.2) is 0 Å². The van der Waals surface area contributed by atoms with Gasteiger partial charge in [0.25, 0.3) is 0 Å². The van der Waals surface area contributed by atoms with E-state index < -0.39 is 10.4 Å². The third-order valence-electron chi connectivity index (χ3n) is 3.62. The van der Waals surface area contributed by atoms with E-state index in [-0.39, 0.29) is 6.61 Å². The van der Waals surface area contributed by atoms with Crippen molar-refractivity contribution < 1.29 is 36.8 Å². The van der Waals surface area contributed by atoms with Gasteiger partial charge >= 0.3 is 10.4 Å². The fourth-order valence-corrected chi connectivity index (χ4v) is 2.30. The van der Waals surface area contributed by atoms with Crippen molar-refractivity contribution >= 4 is 10.4 Å². The van der Waals surface area contributed by atoms with Crippen LogP contribution in [-0.4, -0.2) is 68.9 Å². The predicted octanol–water partition coefficient (Wildman–Crippen LogP) is 3.30. The molecule has 0 amide bonds. The maximum absolute atomic E-state index is 8.74. The molecule has 0 aromatic rings. The maximum Gasteiger partial charge on any atom is 0.394 e. The van der Waals surface area contributed by atoms with Gasteiger partial charge in [-0.15, -0.1) is 0 Å². The average Bonchev–Trinajstić information content (AvgIpc) is 2.59. The van der Waals surface area contributed by atoms with Crippen molar-refractivity contribution in [2.24, 2.45) is 0 Å². The Hall–Kier alpha value is -0.290. The average molecular weight is 417 g/mol. The lowest BCUT2D eigenvalue weighted by Crippen LogP contribution is -2.11. The van der Waals surface area contributed by atoms with E-state index in [1.807, 2.05) is 0 Å².